The molecule has 1 fully saturated rings. The van der Waals surface area contributed by atoms with Crippen LogP contribution < -0.4 is 0 Å². The van der Waals surface area contributed by atoms with E-state index in [-0.39, 0.29) is 0 Å². The van der Waals surface area contributed by atoms with Crippen LogP contribution in [0.2, 0.25) is 0 Å². The van der Waals surface area contributed by atoms with Gasteiger partial charge in [-0.3, -0.25) is 0 Å². The van der Waals surface area contributed by atoms with Gasteiger partial charge in [-0.2, -0.15) is 0 Å². The summed E-state index contributed by atoms with van der Waals surface area (Å²) >= 11 is 0. The number of rotatable bonds is 4. The van der Waals surface area contributed by atoms with Gasteiger partial charge < -0.3 is 4.79 Å². The zero-order chi connectivity index (χ0) is 9.14. The van der Waals surface area contributed by atoms with Crippen molar-refractivity contribution in [3.8, 4) is 0 Å². The Morgan fingerprint density at radius 2 is 2.00 bits per heavy atom. The van der Waals surface area contributed by atoms with E-state index in [9.17, 15) is 4.79 Å². The van der Waals surface area contributed by atoms with E-state index in [2.05, 4.69) is 13.8 Å². The second-order valence-electron chi connectivity index (χ2n) is 4.58. The Bertz CT molecular complexity index is 154. The molecule has 1 nitrogen and oxygen atoms in total. The first-order chi connectivity index (χ1) is 5.59. The van der Waals surface area contributed by atoms with Crippen LogP contribution in [0.5, 0.6) is 0 Å². The quantitative estimate of drug-likeness (QED) is 0.630. The van der Waals surface area contributed by atoms with E-state index < -0.39 is 0 Å². The monoisotopic (exact) mass is 168 g/mol. The Hall–Kier alpha value is -0.330. The van der Waals surface area contributed by atoms with Gasteiger partial charge in [0.05, 0.1) is 0 Å². The summed E-state index contributed by atoms with van der Waals surface area (Å²) in [4.78, 5) is 10.7. The predicted octanol–water partition coefficient (Wildman–Crippen LogP) is 3.04. The Balaban J connectivity index is 2.06. The number of hydrogen-bond acceptors (Lipinski definition) is 1. The molecule has 0 N–H and O–H groups in total. The highest BCUT2D eigenvalue weighted by molar-refractivity contribution is 5.75. The van der Waals surface area contributed by atoms with Crippen molar-refractivity contribution in [1.82, 2.24) is 0 Å². The Morgan fingerprint density at radius 3 is 2.42 bits per heavy atom. The van der Waals surface area contributed by atoms with Gasteiger partial charge in [0.25, 0.3) is 0 Å². The molecular formula is C11H20O. The van der Waals surface area contributed by atoms with Crippen molar-refractivity contribution in [1.29, 1.82) is 0 Å². The van der Waals surface area contributed by atoms with E-state index in [0.717, 1.165) is 30.6 Å². The van der Waals surface area contributed by atoms with Gasteiger partial charge in [-0.15, -0.1) is 0 Å². The zero-order valence-corrected chi connectivity index (χ0v) is 8.47. The summed E-state index contributed by atoms with van der Waals surface area (Å²) in [6, 6.07) is 0. The predicted molar refractivity (Wildman–Crippen MR) is 51.0 cm³/mol. The molecule has 0 aromatic carbocycles. The molecule has 0 aromatic heterocycles. The second kappa shape index (κ2) is 4.06. The first-order valence-electron chi connectivity index (χ1n) is 5.09. The molecule has 1 saturated carbocycles. The van der Waals surface area contributed by atoms with Crippen LogP contribution in [0, 0.1) is 17.8 Å². The summed E-state index contributed by atoms with van der Waals surface area (Å²) in [6.45, 7) is 6.29. The lowest BCUT2D eigenvalue weighted by Gasteiger charge is -2.38. The molecule has 0 atom stereocenters. The van der Waals surface area contributed by atoms with Gasteiger partial charge in [0.1, 0.15) is 5.78 Å². The molecule has 1 heteroatoms. The first kappa shape index (κ1) is 9.76. The minimum atomic E-state index is 0.350. The zero-order valence-electron chi connectivity index (χ0n) is 8.47. The molecule has 70 valence electrons. The number of carbonyl (C=O) groups is 1. The highest BCUT2D eigenvalue weighted by Crippen LogP contribution is 2.41. The van der Waals surface area contributed by atoms with Crippen molar-refractivity contribution >= 4 is 5.78 Å². The lowest BCUT2D eigenvalue weighted by atomic mass is 9.68. The number of carbonyl (C=O) groups excluding carboxylic acids is 1. The smallest absolute Gasteiger partial charge is 0.129 e. The Morgan fingerprint density at radius 1 is 1.42 bits per heavy atom. The van der Waals surface area contributed by atoms with E-state index in [0.29, 0.717) is 5.78 Å². The van der Waals surface area contributed by atoms with Crippen molar-refractivity contribution in [2.45, 2.75) is 46.5 Å². The van der Waals surface area contributed by atoms with Gasteiger partial charge >= 0.3 is 0 Å². The van der Waals surface area contributed by atoms with Crippen molar-refractivity contribution in [2.24, 2.45) is 17.8 Å². The maximum atomic E-state index is 10.7. The standard InChI is InChI=1S/C11H20O/c1-8(2)11-6-10(7-11)5-4-9(3)12/h8,10-11H,4-7H2,1-3H3. The fourth-order valence-corrected chi connectivity index (χ4v) is 1.97. The molecule has 0 aliphatic heterocycles. The Kier molecular flexibility index (Phi) is 3.30. The molecule has 0 bridgehead atoms. The third-order valence-corrected chi connectivity index (χ3v) is 3.12. The third kappa shape index (κ3) is 2.62. The SMILES string of the molecule is CC(=O)CCC1CC(C(C)C)C1. The van der Waals surface area contributed by atoms with Gasteiger partial charge in [-0.1, -0.05) is 13.8 Å². The van der Waals surface area contributed by atoms with Crippen molar-refractivity contribution in [3.05, 3.63) is 0 Å². The average Bonchev–Trinajstić information content (AvgIpc) is 1.82. The van der Waals surface area contributed by atoms with Crippen LogP contribution in [0.1, 0.15) is 46.5 Å². The maximum Gasteiger partial charge on any atom is 0.129 e. The van der Waals surface area contributed by atoms with Gasteiger partial charge in [-0.25, -0.2) is 0 Å². The van der Waals surface area contributed by atoms with Gasteiger partial charge in [0.2, 0.25) is 0 Å². The van der Waals surface area contributed by atoms with Crippen LogP contribution in [0.15, 0.2) is 0 Å². The molecule has 0 aromatic rings. The first-order valence-corrected chi connectivity index (χ1v) is 5.09. The minimum Gasteiger partial charge on any atom is -0.300 e. The number of ketones is 1. The number of hydrogen-bond donors (Lipinski definition) is 0. The van der Waals surface area contributed by atoms with Crippen molar-refractivity contribution < 1.29 is 4.79 Å². The van der Waals surface area contributed by atoms with E-state index in [1.54, 1.807) is 6.92 Å². The van der Waals surface area contributed by atoms with Crippen LogP contribution in [-0.4, -0.2) is 5.78 Å². The highest BCUT2D eigenvalue weighted by atomic mass is 16.1. The molecule has 0 heterocycles. The molecule has 1 aliphatic carbocycles. The van der Waals surface area contributed by atoms with Crippen LogP contribution >= 0.6 is 0 Å². The molecule has 0 spiro atoms. The summed E-state index contributed by atoms with van der Waals surface area (Å²) in [6.07, 6.45) is 4.67. The molecule has 0 amide bonds. The summed E-state index contributed by atoms with van der Waals surface area (Å²) < 4.78 is 0. The van der Waals surface area contributed by atoms with E-state index in [4.69, 9.17) is 0 Å². The van der Waals surface area contributed by atoms with Crippen molar-refractivity contribution in [2.75, 3.05) is 0 Å². The lowest BCUT2D eigenvalue weighted by Crippen LogP contribution is -2.27. The van der Waals surface area contributed by atoms with Gasteiger partial charge in [0.15, 0.2) is 0 Å². The minimum absolute atomic E-state index is 0.350. The summed E-state index contributed by atoms with van der Waals surface area (Å²) in [7, 11) is 0. The topological polar surface area (TPSA) is 17.1 Å². The fraction of sp³-hybridized carbons (Fsp3) is 0.909. The van der Waals surface area contributed by atoms with Crippen LogP contribution in [0.3, 0.4) is 0 Å². The summed E-state index contributed by atoms with van der Waals surface area (Å²) in [5.41, 5.74) is 0. The molecule has 0 radical (unpaired) electrons. The molecule has 0 saturated heterocycles. The van der Waals surface area contributed by atoms with Gasteiger partial charge in [-0.05, 0) is 43.9 Å². The number of Topliss-reactive ketones (excluding diaryl/α,β-unsaturated/α-hetero) is 1. The molecular weight excluding hydrogens is 148 g/mol. The van der Waals surface area contributed by atoms with Crippen molar-refractivity contribution in [3.63, 3.8) is 0 Å². The summed E-state index contributed by atoms with van der Waals surface area (Å²) in [5, 5.41) is 0. The molecule has 0 unspecified atom stereocenters. The van der Waals surface area contributed by atoms with Gasteiger partial charge in [0, 0.05) is 6.42 Å². The fourth-order valence-electron chi connectivity index (χ4n) is 1.97. The third-order valence-electron chi connectivity index (χ3n) is 3.12. The highest BCUT2D eigenvalue weighted by Gasteiger charge is 2.30. The normalized spacial score (nSPS) is 28.7. The molecule has 1 rings (SSSR count). The average molecular weight is 168 g/mol. The van der Waals surface area contributed by atoms with E-state index in [1.165, 1.54) is 12.8 Å². The molecule has 12 heavy (non-hydrogen) atoms. The Labute approximate surface area is 75.5 Å². The second-order valence-corrected chi connectivity index (χ2v) is 4.58. The van der Waals surface area contributed by atoms with Crippen LogP contribution in [-0.2, 0) is 4.79 Å². The largest absolute Gasteiger partial charge is 0.300 e. The molecule has 1 aliphatic rings. The lowest BCUT2D eigenvalue weighted by molar-refractivity contribution is -0.117. The van der Waals surface area contributed by atoms with E-state index in [1.807, 2.05) is 0 Å². The van der Waals surface area contributed by atoms with E-state index >= 15 is 0 Å². The summed E-state index contributed by atoms with van der Waals surface area (Å²) in [5.74, 6) is 3.00. The van der Waals surface area contributed by atoms with Crippen LogP contribution in [0.25, 0.3) is 0 Å². The maximum absolute atomic E-state index is 10.7. The van der Waals surface area contributed by atoms with Crippen LogP contribution in [0.4, 0.5) is 0 Å².